The van der Waals surface area contributed by atoms with Crippen molar-refractivity contribution in [1.29, 1.82) is 5.26 Å². The number of rotatable bonds is 3. The van der Waals surface area contributed by atoms with Crippen LogP contribution < -0.4 is 0 Å². The summed E-state index contributed by atoms with van der Waals surface area (Å²) >= 11 is 0. The molecule has 0 amide bonds. The van der Waals surface area contributed by atoms with E-state index in [1.165, 1.54) is 0 Å². The molecular formula is C9H15NO2S. The minimum absolute atomic E-state index is 0.357. The molecule has 0 bridgehead atoms. The molecule has 0 spiro atoms. The topological polar surface area (TPSA) is 50.1 Å². The lowest BCUT2D eigenvalue weighted by Gasteiger charge is -2.30. The minimum Gasteiger partial charge on any atom is -0.380 e. The summed E-state index contributed by atoms with van der Waals surface area (Å²) in [6.45, 7) is 1.28. The van der Waals surface area contributed by atoms with Crippen molar-refractivity contribution >= 4 is 10.8 Å². The summed E-state index contributed by atoms with van der Waals surface area (Å²) in [5.41, 5.74) is -0.357. The SMILES string of the molecule is CS(=O)CCC1(C#N)CCCOC1. The number of ether oxygens (including phenoxy) is 1. The molecule has 0 aliphatic carbocycles. The normalized spacial score (nSPS) is 30.8. The fraction of sp³-hybridized carbons (Fsp3) is 0.889. The van der Waals surface area contributed by atoms with E-state index < -0.39 is 10.8 Å². The first-order chi connectivity index (χ1) is 6.18. The van der Waals surface area contributed by atoms with Gasteiger partial charge in [0, 0.05) is 29.4 Å². The van der Waals surface area contributed by atoms with Crippen molar-refractivity contribution in [3.8, 4) is 6.07 Å². The van der Waals surface area contributed by atoms with Crippen molar-refractivity contribution in [2.24, 2.45) is 5.41 Å². The van der Waals surface area contributed by atoms with Gasteiger partial charge in [0.2, 0.25) is 0 Å². The van der Waals surface area contributed by atoms with E-state index >= 15 is 0 Å². The second kappa shape index (κ2) is 4.73. The van der Waals surface area contributed by atoms with E-state index in [1.807, 2.05) is 0 Å². The summed E-state index contributed by atoms with van der Waals surface area (Å²) in [5.74, 6) is 0.608. The first-order valence-corrected chi connectivity index (χ1v) is 6.20. The van der Waals surface area contributed by atoms with Crippen LogP contribution in [0.1, 0.15) is 19.3 Å². The Balaban J connectivity index is 2.49. The monoisotopic (exact) mass is 201 g/mol. The van der Waals surface area contributed by atoms with E-state index in [1.54, 1.807) is 6.26 Å². The summed E-state index contributed by atoms with van der Waals surface area (Å²) in [5, 5.41) is 9.03. The third kappa shape index (κ3) is 3.09. The zero-order valence-corrected chi connectivity index (χ0v) is 8.73. The summed E-state index contributed by atoms with van der Waals surface area (Å²) in [6, 6.07) is 2.31. The Bertz CT molecular complexity index is 228. The minimum atomic E-state index is -0.801. The molecule has 1 saturated heterocycles. The molecule has 13 heavy (non-hydrogen) atoms. The maximum atomic E-state index is 10.9. The highest BCUT2D eigenvalue weighted by Crippen LogP contribution is 2.31. The molecule has 0 N–H and O–H groups in total. The Labute approximate surface area is 81.5 Å². The molecule has 4 heteroatoms. The quantitative estimate of drug-likeness (QED) is 0.686. The number of hydrogen-bond acceptors (Lipinski definition) is 3. The van der Waals surface area contributed by atoms with E-state index in [0.717, 1.165) is 19.4 Å². The summed E-state index contributed by atoms with van der Waals surface area (Å²) in [7, 11) is -0.801. The van der Waals surface area contributed by atoms with Crippen LogP contribution in [0.15, 0.2) is 0 Å². The Kier molecular flexibility index (Phi) is 3.89. The standard InChI is InChI=1S/C9H15NO2S/c1-13(11)6-4-9(7-10)3-2-5-12-8-9/h2-6,8H2,1H3. The van der Waals surface area contributed by atoms with E-state index in [9.17, 15) is 4.21 Å². The van der Waals surface area contributed by atoms with E-state index in [4.69, 9.17) is 10.00 Å². The zero-order valence-electron chi connectivity index (χ0n) is 7.91. The summed E-state index contributed by atoms with van der Waals surface area (Å²) < 4.78 is 16.2. The van der Waals surface area contributed by atoms with Crippen molar-refractivity contribution in [3.05, 3.63) is 0 Å². The highest BCUT2D eigenvalue weighted by molar-refractivity contribution is 7.84. The van der Waals surface area contributed by atoms with Crippen LogP contribution in [0.5, 0.6) is 0 Å². The number of hydrogen-bond donors (Lipinski definition) is 0. The lowest BCUT2D eigenvalue weighted by atomic mass is 9.82. The second-order valence-electron chi connectivity index (χ2n) is 3.58. The van der Waals surface area contributed by atoms with Gasteiger partial charge >= 0.3 is 0 Å². The van der Waals surface area contributed by atoms with Crippen LogP contribution in [-0.2, 0) is 15.5 Å². The molecule has 0 radical (unpaired) electrons. The molecule has 1 rings (SSSR count). The van der Waals surface area contributed by atoms with Crippen LogP contribution in [0.25, 0.3) is 0 Å². The van der Waals surface area contributed by atoms with Crippen molar-refractivity contribution in [2.75, 3.05) is 25.2 Å². The van der Waals surface area contributed by atoms with Crippen LogP contribution in [0, 0.1) is 16.7 Å². The summed E-state index contributed by atoms with van der Waals surface area (Å²) in [6.07, 6.45) is 4.21. The highest BCUT2D eigenvalue weighted by atomic mass is 32.2. The van der Waals surface area contributed by atoms with Gasteiger partial charge < -0.3 is 4.74 Å². The van der Waals surface area contributed by atoms with E-state index in [2.05, 4.69) is 6.07 Å². The van der Waals surface area contributed by atoms with Crippen molar-refractivity contribution in [3.63, 3.8) is 0 Å². The van der Waals surface area contributed by atoms with Crippen LogP contribution in [0.2, 0.25) is 0 Å². The fourth-order valence-corrected chi connectivity index (χ4v) is 2.21. The maximum absolute atomic E-state index is 10.9. The van der Waals surface area contributed by atoms with E-state index in [-0.39, 0.29) is 5.41 Å². The van der Waals surface area contributed by atoms with Crippen molar-refractivity contribution < 1.29 is 8.95 Å². The average molecular weight is 201 g/mol. The van der Waals surface area contributed by atoms with Gasteiger partial charge in [0.25, 0.3) is 0 Å². The Morgan fingerprint density at radius 2 is 2.46 bits per heavy atom. The molecule has 1 aliphatic heterocycles. The number of nitrogens with zero attached hydrogens (tertiary/aromatic N) is 1. The van der Waals surface area contributed by atoms with E-state index in [0.29, 0.717) is 18.8 Å². The van der Waals surface area contributed by atoms with Gasteiger partial charge in [0.1, 0.15) is 0 Å². The Morgan fingerprint density at radius 1 is 1.69 bits per heavy atom. The van der Waals surface area contributed by atoms with Gasteiger partial charge in [0.05, 0.1) is 18.1 Å². The van der Waals surface area contributed by atoms with Crippen LogP contribution in [-0.4, -0.2) is 29.4 Å². The molecule has 74 valence electrons. The van der Waals surface area contributed by atoms with Crippen molar-refractivity contribution in [1.82, 2.24) is 0 Å². The van der Waals surface area contributed by atoms with Gasteiger partial charge in [-0.15, -0.1) is 0 Å². The molecular weight excluding hydrogens is 186 g/mol. The Morgan fingerprint density at radius 3 is 2.92 bits per heavy atom. The molecule has 1 heterocycles. The molecule has 2 unspecified atom stereocenters. The third-order valence-corrected chi connectivity index (χ3v) is 3.21. The first kappa shape index (κ1) is 10.7. The third-order valence-electron chi connectivity index (χ3n) is 2.43. The number of nitriles is 1. The predicted octanol–water partition coefficient (Wildman–Crippen LogP) is 1.08. The largest absolute Gasteiger partial charge is 0.380 e. The zero-order chi connectivity index (χ0) is 9.73. The second-order valence-corrected chi connectivity index (χ2v) is 5.13. The molecule has 1 fully saturated rings. The lowest BCUT2D eigenvalue weighted by molar-refractivity contribution is 0.0209. The van der Waals surface area contributed by atoms with Gasteiger partial charge in [-0.05, 0) is 19.3 Å². The first-order valence-electron chi connectivity index (χ1n) is 4.48. The van der Waals surface area contributed by atoms with Crippen LogP contribution in [0.3, 0.4) is 0 Å². The molecule has 0 aromatic carbocycles. The molecule has 0 aromatic heterocycles. The van der Waals surface area contributed by atoms with Gasteiger partial charge in [-0.25, -0.2) is 0 Å². The molecule has 1 aliphatic rings. The molecule has 0 aromatic rings. The molecule has 3 nitrogen and oxygen atoms in total. The highest BCUT2D eigenvalue weighted by Gasteiger charge is 2.32. The fourth-order valence-electron chi connectivity index (χ4n) is 1.53. The average Bonchev–Trinajstić information content (AvgIpc) is 2.16. The Hall–Kier alpha value is -0.400. The predicted molar refractivity (Wildman–Crippen MR) is 51.6 cm³/mol. The van der Waals surface area contributed by atoms with Gasteiger partial charge in [-0.1, -0.05) is 0 Å². The summed E-state index contributed by atoms with van der Waals surface area (Å²) in [4.78, 5) is 0. The van der Waals surface area contributed by atoms with Gasteiger partial charge in [-0.3, -0.25) is 4.21 Å². The van der Waals surface area contributed by atoms with Gasteiger partial charge in [-0.2, -0.15) is 5.26 Å². The van der Waals surface area contributed by atoms with Crippen molar-refractivity contribution in [2.45, 2.75) is 19.3 Å². The lowest BCUT2D eigenvalue weighted by Crippen LogP contribution is -2.31. The molecule has 2 atom stereocenters. The van der Waals surface area contributed by atoms with Crippen LogP contribution >= 0.6 is 0 Å². The maximum Gasteiger partial charge on any atom is 0.0816 e. The van der Waals surface area contributed by atoms with Gasteiger partial charge in [0.15, 0.2) is 0 Å². The smallest absolute Gasteiger partial charge is 0.0816 e. The molecule has 0 saturated carbocycles. The van der Waals surface area contributed by atoms with Crippen LogP contribution in [0.4, 0.5) is 0 Å².